The van der Waals surface area contributed by atoms with Gasteiger partial charge in [0.25, 0.3) is 0 Å². The molecule has 5 heteroatoms. The Morgan fingerprint density at radius 1 is 1.41 bits per heavy atom. The molecule has 0 unspecified atom stereocenters. The van der Waals surface area contributed by atoms with Crippen molar-refractivity contribution in [3.63, 3.8) is 0 Å². The largest absolute Gasteiger partial charge is 0.367 e. The van der Waals surface area contributed by atoms with Crippen molar-refractivity contribution in [3.05, 3.63) is 40.3 Å². The highest BCUT2D eigenvalue weighted by atomic mass is 79.9. The van der Waals surface area contributed by atoms with Gasteiger partial charge >= 0.3 is 0 Å². The van der Waals surface area contributed by atoms with Crippen molar-refractivity contribution in [3.8, 4) is 0 Å². The monoisotopic (exact) mass is 294 g/mol. The molecule has 0 spiro atoms. The maximum atomic E-state index is 4.29. The average molecular weight is 295 g/mol. The van der Waals surface area contributed by atoms with Gasteiger partial charge in [0, 0.05) is 18.9 Å². The third kappa shape index (κ3) is 3.06. The van der Waals surface area contributed by atoms with Gasteiger partial charge < -0.3 is 5.32 Å². The highest BCUT2D eigenvalue weighted by molar-refractivity contribution is 9.10. The van der Waals surface area contributed by atoms with Crippen LogP contribution in [0.15, 0.2) is 29.1 Å². The van der Waals surface area contributed by atoms with E-state index in [1.807, 2.05) is 37.0 Å². The van der Waals surface area contributed by atoms with Crippen LogP contribution in [0, 0.1) is 13.8 Å². The van der Waals surface area contributed by atoms with Crippen LogP contribution in [0.2, 0.25) is 0 Å². The van der Waals surface area contributed by atoms with E-state index in [2.05, 4.69) is 31.3 Å². The van der Waals surface area contributed by atoms with Crippen LogP contribution in [-0.4, -0.2) is 21.3 Å². The predicted octanol–water partition coefficient (Wildman–Crippen LogP) is 2.77. The number of aryl methyl sites for hydroxylation is 2. The molecular weight excluding hydrogens is 280 g/mol. The molecule has 2 aromatic rings. The molecule has 0 aliphatic carbocycles. The second-order valence-corrected chi connectivity index (χ2v) is 4.79. The van der Waals surface area contributed by atoms with E-state index in [0.717, 1.165) is 23.4 Å². The zero-order valence-electron chi connectivity index (χ0n) is 9.94. The standard InChI is InChI=1S/C12H15BrN4/c1-9-7-16-17(8-9)6-5-15-12-11(13)10(2)3-4-14-12/h3-4,7-8H,5-6H2,1-2H3,(H,14,15). The number of hydrogen-bond donors (Lipinski definition) is 1. The Balaban J connectivity index is 1.92. The van der Waals surface area contributed by atoms with Crippen LogP contribution in [0.25, 0.3) is 0 Å². The number of rotatable bonds is 4. The molecule has 0 amide bonds. The van der Waals surface area contributed by atoms with E-state index in [-0.39, 0.29) is 0 Å². The van der Waals surface area contributed by atoms with Crippen molar-refractivity contribution < 1.29 is 0 Å². The first-order valence-electron chi connectivity index (χ1n) is 5.51. The summed E-state index contributed by atoms with van der Waals surface area (Å²) in [7, 11) is 0. The van der Waals surface area contributed by atoms with E-state index < -0.39 is 0 Å². The van der Waals surface area contributed by atoms with Gasteiger partial charge in [-0.05, 0) is 47.0 Å². The summed E-state index contributed by atoms with van der Waals surface area (Å²) in [6.07, 6.45) is 5.70. The summed E-state index contributed by atoms with van der Waals surface area (Å²) >= 11 is 3.52. The Kier molecular flexibility index (Phi) is 3.78. The fourth-order valence-corrected chi connectivity index (χ4v) is 1.92. The molecule has 17 heavy (non-hydrogen) atoms. The van der Waals surface area contributed by atoms with Crippen LogP contribution >= 0.6 is 15.9 Å². The minimum atomic E-state index is 0.802. The van der Waals surface area contributed by atoms with Crippen molar-refractivity contribution in [2.24, 2.45) is 0 Å². The van der Waals surface area contributed by atoms with Crippen molar-refractivity contribution in [2.75, 3.05) is 11.9 Å². The minimum Gasteiger partial charge on any atom is -0.367 e. The summed E-state index contributed by atoms with van der Waals surface area (Å²) in [5.74, 6) is 0.883. The number of halogens is 1. The number of pyridine rings is 1. The maximum Gasteiger partial charge on any atom is 0.140 e. The molecule has 0 aromatic carbocycles. The SMILES string of the molecule is Cc1cnn(CCNc2nccc(C)c2Br)c1. The molecule has 0 aliphatic heterocycles. The third-order valence-electron chi connectivity index (χ3n) is 2.48. The van der Waals surface area contributed by atoms with Gasteiger partial charge in [0.15, 0.2) is 0 Å². The van der Waals surface area contributed by atoms with Gasteiger partial charge in [0.1, 0.15) is 5.82 Å². The molecule has 0 saturated heterocycles. The lowest BCUT2D eigenvalue weighted by molar-refractivity contribution is 0.636. The topological polar surface area (TPSA) is 42.7 Å². The molecule has 1 N–H and O–H groups in total. The van der Waals surface area contributed by atoms with Gasteiger partial charge in [0.05, 0.1) is 17.2 Å². The Morgan fingerprint density at radius 3 is 2.94 bits per heavy atom. The quantitative estimate of drug-likeness (QED) is 0.943. The summed E-state index contributed by atoms with van der Waals surface area (Å²) in [5.41, 5.74) is 2.36. The summed E-state index contributed by atoms with van der Waals surface area (Å²) in [6, 6.07) is 1.98. The average Bonchev–Trinajstić information content (AvgIpc) is 2.70. The lowest BCUT2D eigenvalue weighted by atomic mass is 10.3. The molecule has 0 atom stereocenters. The van der Waals surface area contributed by atoms with Crippen molar-refractivity contribution in [2.45, 2.75) is 20.4 Å². The fraction of sp³-hybridized carbons (Fsp3) is 0.333. The molecule has 4 nitrogen and oxygen atoms in total. The van der Waals surface area contributed by atoms with E-state index in [1.165, 1.54) is 11.1 Å². The van der Waals surface area contributed by atoms with E-state index in [0.29, 0.717) is 0 Å². The van der Waals surface area contributed by atoms with Gasteiger partial charge in [-0.15, -0.1) is 0 Å². The molecule has 2 rings (SSSR count). The van der Waals surface area contributed by atoms with Gasteiger partial charge in [-0.3, -0.25) is 4.68 Å². The van der Waals surface area contributed by atoms with Crippen LogP contribution in [0.3, 0.4) is 0 Å². The first-order valence-corrected chi connectivity index (χ1v) is 6.30. The molecule has 2 heterocycles. The van der Waals surface area contributed by atoms with Crippen LogP contribution in [0.4, 0.5) is 5.82 Å². The highest BCUT2D eigenvalue weighted by Gasteiger charge is 2.02. The zero-order chi connectivity index (χ0) is 12.3. The summed E-state index contributed by atoms with van der Waals surface area (Å²) in [5, 5.41) is 7.52. The Morgan fingerprint density at radius 2 is 2.24 bits per heavy atom. The lowest BCUT2D eigenvalue weighted by Gasteiger charge is -2.08. The second-order valence-electron chi connectivity index (χ2n) is 4.00. The van der Waals surface area contributed by atoms with Gasteiger partial charge in [-0.2, -0.15) is 5.10 Å². The number of nitrogens with zero attached hydrogens (tertiary/aromatic N) is 3. The number of aromatic nitrogens is 3. The Labute approximate surface area is 109 Å². The minimum absolute atomic E-state index is 0.802. The molecule has 0 fully saturated rings. The fourth-order valence-electron chi connectivity index (χ4n) is 1.54. The van der Waals surface area contributed by atoms with Crippen molar-refractivity contribution >= 4 is 21.7 Å². The van der Waals surface area contributed by atoms with Gasteiger partial charge in [-0.25, -0.2) is 4.98 Å². The molecule has 0 bridgehead atoms. The molecule has 0 saturated carbocycles. The normalized spacial score (nSPS) is 10.5. The van der Waals surface area contributed by atoms with Gasteiger partial charge in [-0.1, -0.05) is 0 Å². The summed E-state index contributed by atoms with van der Waals surface area (Å²) < 4.78 is 2.95. The van der Waals surface area contributed by atoms with E-state index in [1.54, 1.807) is 6.20 Å². The first kappa shape index (κ1) is 12.1. The molecule has 0 radical (unpaired) electrons. The molecular formula is C12H15BrN4. The predicted molar refractivity (Wildman–Crippen MR) is 72.1 cm³/mol. The number of anilines is 1. The Hall–Kier alpha value is -1.36. The molecule has 0 aliphatic rings. The summed E-state index contributed by atoms with van der Waals surface area (Å²) in [4.78, 5) is 4.29. The van der Waals surface area contributed by atoms with Crippen molar-refractivity contribution in [1.82, 2.24) is 14.8 Å². The molecule has 90 valence electrons. The van der Waals surface area contributed by atoms with Crippen molar-refractivity contribution in [1.29, 1.82) is 0 Å². The maximum absolute atomic E-state index is 4.29. The second kappa shape index (κ2) is 5.31. The third-order valence-corrected chi connectivity index (χ3v) is 3.48. The van der Waals surface area contributed by atoms with Crippen LogP contribution in [0.5, 0.6) is 0 Å². The number of nitrogens with one attached hydrogen (secondary N) is 1. The number of hydrogen-bond acceptors (Lipinski definition) is 3. The highest BCUT2D eigenvalue weighted by Crippen LogP contribution is 2.22. The van der Waals surface area contributed by atoms with E-state index in [4.69, 9.17) is 0 Å². The van der Waals surface area contributed by atoms with Crippen LogP contribution < -0.4 is 5.32 Å². The van der Waals surface area contributed by atoms with Gasteiger partial charge in [0.2, 0.25) is 0 Å². The van der Waals surface area contributed by atoms with Crippen LogP contribution in [0.1, 0.15) is 11.1 Å². The van der Waals surface area contributed by atoms with Crippen LogP contribution in [-0.2, 0) is 6.54 Å². The van der Waals surface area contributed by atoms with E-state index in [9.17, 15) is 0 Å². The zero-order valence-corrected chi connectivity index (χ0v) is 11.5. The smallest absolute Gasteiger partial charge is 0.140 e. The lowest BCUT2D eigenvalue weighted by Crippen LogP contribution is -2.12. The first-order chi connectivity index (χ1) is 8.16. The van der Waals surface area contributed by atoms with E-state index >= 15 is 0 Å². The summed E-state index contributed by atoms with van der Waals surface area (Å²) in [6.45, 7) is 5.72. The Bertz CT molecular complexity index is 507. The molecule has 2 aromatic heterocycles.